The van der Waals surface area contributed by atoms with Crippen LogP contribution in [0.15, 0.2) is 65.7 Å². The summed E-state index contributed by atoms with van der Waals surface area (Å²) in [5.41, 5.74) is 4.44. The fourth-order valence-corrected chi connectivity index (χ4v) is 5.14. The number of Topliss-reactive ketones (excluding diaryl/α,β-unsaturated/α-hetero) is 1. The Kier molecular flexibility index (Phi) is 5.65. The highest BCUT2D eigenvalue weighted by Crippen LogP contribution is 2.40. The number of rotatable bonds is 4. The van der Waals surface area contributed by atoms with Crippen LogP contribution >= 0.6 is 33.9 Å². The molecule has 1 aromatic heterocycles. The Morgan fingerprint density at radius 1 is 1.07 bits per heavy atom. The molecular formula is C23H19IN2O2S. The number of amides is 1. The van der Waals surface area contributed by atoms with Gasteiger partial charge in [0.2, 0.25) is 0 Å². The number of anilines is 1. The molecular weight excluding hydrogens is 495 g/mol. The zero-order valence-corrected chi connectivity index (χ0v) is 19.0. The van der Waals surface area contributed by atoms with Gasteiger partial charge in [0.05, 0.1) is 12.3 Å². The van der Waals surface area contributed by atoms with Gasteiger partial charge < -0.3 is 0 Å². The average Bonchev–Trinajstić information content (AvgIpc) is 2.99. The van der Waals surface area contributed by atoms with Gasteiger partial charge in [-0.2, -0.15) is 0 Å². The molecule has 2 heterocycles. The number of thiophene rings is 1. The molecule has 0 radical (unpaired) electrons. The van der Waals surface area contributed by atoms with Crippen LogP contribution in [0.3, 0.4) is 0 Å². The molecule has 1 unspecified atom stereocenters. The van der Waals surface area contributed by atoms with Gasteiger partial charge in [-0.25, -0.2) is 0 Å². The number of carbonyl (C=O) groups is 2. The molecule has 0 aliphatic carbocycles. The number of carbonyl (C=O) groups excluding carboxylic acids is 2. The first-order valence-electron chi connectivity index (χ1n) is 9.24. The molecule has 1 amide bonds. The minimum Gasteiger partial charge on any atom is -0.293 e. The number of fused-ring (bicyclic) bond motifs is 1. The van der Waals surface area contributed by atoms with Crippen molar-refractivity contribution in [3.8, 4) is 0 Å². The summed E-state index contributed by atoms with van der Waals surface area (Å²) in [6.45, 7) is 4.10. The first-order valence-corrected chi connectivity index (χ1v) is 11.3. The summed E-state index contributed by atoms with van der Waals surface area (Å²) < 4.78 is -0.592. The van der Waals surface area contributed by atoms with Gasteiger partial charge in [0.15, 0.2) is 9.83 Å². The maximum atomic E-state index is 13.2. The van der Waals surface area contributed by atoms with Crippen LogP contribution in [0.25, 0.3) is 0 Å². The van der Waals surface area contributed by atoms with Crippen LogP contribution in [-0.2, 0) is 4.79 Å². The summed E-state index contributed by atoms with van der Waals surface area (Å²) in [5, 5.41) is 0.802. The van der Waals surface area contributed by atoms with E-state index in [0.717, 1.165) is 32.3 Å². The predicted molar refractivity (Wildman–Crippen MR) is 127 cm³/mol. The van der Waals surface area contributed by atoms with E-state index in [9.17, 15) is 9.59 Å². The number of hydrogen-bond donors (Lipinski definition) is 0. The summed E-state index contributed by atoms with van der Waals surface area (Å²) in [5.74, 6) is -0.247. The minimum absolute atomic E-state index is 0.00628. The maximum absolute atomic E-state index is 13.2. The molecule has 4 rings (SSSR count). The second-order valence-electron chi connectivity index (χ2n) is 6.86. The second-order valence-corrected chi connectivity index (χ2v) is 9.24. The summed E-state index contributed by atoms with van der Waals surface area (Å²) in [4.78, 5) is 33.7. The van der Waals surface area contributed by atoms with Crippen molar-refractivity contribution < 1.29 is 9.59 Å². The van der Waals surface area contributed by atoms with Gasteiger partial charge in [-0.05, 0) is 42.0 Å². The van der Waals surface area contributed by atoms with Crippen LogP contribution in [0.4, 0.5) is 5.00 Å². The first kappa shape index (κ1) is 20.0. The molecule has 146 valence electrons. The van der Waals surface area contributed by atoms with Crippen molar-refractivity contribution in [1.82, 2.24) is 0 Å². The van der Waals surface area contributed by atoms with Crippen LogP contribution in [0.5, 0.6) is 0 Å². The van der Waals surface area contributed by atoms with Gasteiger partial charge in [-0.15, -0.1) is 11.3 Å². The molecule has 0 N–H and O–H groups in total. The molecule has 0 fully saturated rings. The monoisotopic (exact) mass is 514 g/mol. The van der Waals surface area contributed by atoms with Crippen LogP contribution in [0.2, 0.25) is 0 Å². The van der Waals surface area contributed by atoms with Gasteiger partial charge in [-0.1, -0.05) is 60.7 Å². The van der Waals surface area contributed by atoms with E-state index in [1.807, 2.05) is 55.5 Å². The topological polar surface area (TPSA) is 49.7 Å². The summed E-state index contributed by atoms with van der Waals surface area (Å²) in [7, 11) is 0. The largest absolute Gasteiger partial charge is 0.293 e. The normalized spacial score (nSPS) is 16.2. The highest BCUT2D eigenvalue weighted by molar-refractivity contribution is 14.1. The van der Waals surface area contributed by atoms with Crippen molar-refractivity contribution in [3.63, 3.8) is 0 Å². The Morgan fingerprint density at radius 2 is 1.69 bits per heavy atom. The zero-order valence-electron chi connectivity index (χ0n) is 16.1. The molecule has 1 atom stereocenters. The summed E-state index contributed by atoms with van der Waals surface area (Å²) in [6.07, 6.45) is 0. The molecule has 2 aromatic carbocycles. The SMILES string of the molecule is Cc1sc2c(c1C)C(c1ccccc1)=NC(I)C(=O)N2CC(=O)c1ccccc1. The number of ketones is 1. The third kappa shape index (κ3) is 3.79. The minimum atomic E-state index is -0.592. The fraction of sp³-hybridized carbons (Fsp3) is 0.174. The van der Waals surface area contributed by atoms with Crippen molar-refractivity contribution >= 4 is 56.3 Å². The lowest BCUT2D eigenvalue weighted by Crippen LogP contribution is -2.39. The van der Waals surface area contributed by atoms with Crippen LogP contribution in [0, 0.1) is 13.8 Å². The van der Waals surface area contributed by atoms with Crippen molar-refractivity contribution in [2.24, 2.45) is 4.99 Å². The van der Waals surface area contributed by atoms with E-state index >= 15 is 0 Å². The van der Waals surface area contributed by atoms with Gasteiger partial charge in [0.25, 0.3) is 5.91 Å². The molecule has 29 heavy (non-hydrogen) atoms. The van der Waals surface area contributed by atoms with E-state index in [0.29, 0.717) is 5.56 Å². The maximum Gasteiger partial charge on any atom is 0.262 e. The van der Waals surface area contributed by atoms with Crippen molar-refractivity contribution in [2.75, 3.05) is 11.4 Å². The Balaban J connectivity index is 1.83. The van der Waals surface area contributed by atoms with Crippen LogP contribution < -0.4 is 4.90 Å². The molecule has 0 saturated carbocycles. The number of benzene rings is 2. The third-order valence-corrected chi connectivity index (χ3v) is 7.05. The van der Waals surface area contributed by atoms with E-state index in [-0.39, 0.29) is 18.2 Å². The molecule has 3 aromatic rings. The molecule has 0 saturated heterocycles. The quantitative estimate of drug-likeness (QED) is 0.208. The number of aliphatic imine (C=N–C) groups is 1. The Bertz CT molecular complexity index is 1110. The molecule has 4 nitrogen and oxygen atoms in total. The summed E-state index contributed by atoms with van der Waals surface area (Å²) in [6, 6.07) is 19.0. The van der Waals surface area contributed by atoms with Crippen LogP contribution in [0.1, 0.15) is 31.9 Å². The highest BCUT2D eigenvalue weighted by Gasteiger charge is 2.34. The van der Waals surface area contributed by atoms with Gasteiger partial charge >= 0.3 is 0 Å². The lowest BCUT2D eigenvalue weighted by molar-refractivity contribution is -0.117. The Labute approximate surface area is 187 Å². The van der Waals surface area contributed by atoms with Gasteiger partial charge in [0, 0.05) is 21.6 Å². The van der Waals surface area contributed by atoms with Gasteiger partial charge in [0.1, 0.15) is 5.00 Å². The lowest BCUT2D eigenvalue weighted by atomic mass is 10.00. The predicted octanol–water partition coefficient (Wildman–Crippen LogP) is 5.19. The Hall–Kier alpha value is -2.32. The standard InChI is InChI=1S/C23H19IN2O2S/c1-14-15(2)29-23-19(14)20(17-11-7-4-8-12-17)25-21(24)22(28)26(23)13-18(27)16-9-5-3-6-10-16/h3-12,21H,13H2,1-2H3. The van der Waals surface area contributed by atoms with Gasteiger partial charge in [-0.3, -0.25) is 19.5 Å². The number of halogens is 1. The summed E-state index contributed by atoms with van der Waals surface area (Å²) >= 11 is 3.61. The van der Waals surface area contributed by atoms with Crippen molar-refractivity contribution in [1.29, 1.82) is 0 Å². The molecule has 1 aliphatic rings. The average molecular weight is 514 g/mol. The van der Waals surface area contributed by atoms with Crippen LogP contribution in [-0.4, -0.2) is 28.0 Å². The lowest BCUT2D eigenvalue weighted by Gasteiger charge is -2.21. The second kappa shape index (κ2) is 8.20. The van der Waals surface area contributed by atoms with Crippen molar-refractivity contribution in [3.05, 3.63) is 87.8 Å². The fourth-order valence-electron chi connectivity index (χ4n) is 3.36. The third-order valence-electron chi connectivity index (χ3n) is 5.01. The smallest absolute Gasteiger partial charge is 0.262 e. The molecule has 0 bridgehead atoms. The highest BCUT2D eigenvalue weighted by atomic mass is 127. The molecule has 1 aliphatic heterocycles. The number of hydrogen-bond acceptors (Lipinski definition) is 4. The zero-order chi connectivity index (χ0) is 20.5. The van der Waals surface area contributed by atoms with E-state index < -0.39 is 4.05 Å². The van der Waals surface area contributed by atoms with E-state index in [4.69, 9.17) is 4.99 Å². The van der Waals surface area contributed by atoms with Crippen molar-refractivity contribution in [2.45, 2.75) is 17.9 Å². The number of nitrogens with zero attached hydrogens (tertiary/aromatic N) is 2. The first-order chi connectivity index (χ1) is 14.0. The molecule has 6 heteroatoms. The van der Waals surface area contributed by atoms with E-state index in [1.54, 1.807) is 28.4 Å². The number of alkyl halides is 1. The van der Waals surface area contributed by atoms with E-state index in [2.05, 4.69) is 29.5 Å². The molecule has 0 spiro atoms. The Morgan fingerprint density at radius 3 is 2.34 bits per heavy atom. The number of aryl methyl sites for hydroxylation is 1. The van der Waals surface area contributed by atoms with E-state index in [1.165, 1.54) is 0 Å².